The SMILES string of the molecule is NC(=O)[C@H](CCCCNC(=O)CCCC[C@@H]1SC[C@@H]2NC(=O)N[C@@H]21)NC(=O)CNC(=O)CNC(=O)[C@H](Cc1c[nH]c2ccccc12)NC(=O)[C@H](Cc1c[nH]c2ccccc12)NC(=O)C(CCCc1ccccc1)CC(=O)NO. The molecule has 22 nitrogen and oxygen atoms in total. The molecule has 78 heavy (non-hydrogen) atoms. The number of fused-ring (bicyclic) bond motifs is 3. The second-order valence-electron chi connectivity index (χ2n) is 19.8. The predicted octanol–water partition coefficient (Wildman–Crippen LogP) is 2.15. The number of urea groups is 1. The van der Waals surface area contributed by atoms with Crippen LogP contribution in [-0.2, 0) is 57.6 Å². The highest BCUT2D eigenvalue weighted by Crippen LogP contribution is 2.33. The molecule has 2 aliphatic rings. The molecule has 23 heteroatoms. The van der Waals surface area contributed by atoms with Gasteiger partial charge in [0.2, 0.25) is 47.3 Å². The molecule has 0 radical (unpaired) electrons. The molecule has 7 rings (SSSR count). The quantitative estimate of drug-likeness (QED) is 0.0132. The van der Waals surface area contributed by atoms with E-state index in [9.17, 15) is 48.4 Å². The van der Waals surface area contributed by atoms with E-state index in [-0.39, 0.29) is 56.1 Å². The molecule has 416 valence electrons. The van der Waals surface area contributed by atoms with Crippen LogP contribution in [0.3, 0.4) is 0 Å². The summed E-state index contributed by atoms with van der Waals surface area (Å²) in [5, 5.41) is 33.3. The van der Waals surface area contributed by atoms with Crippen molar-refractivity contribution >= 4 is 86.9 Å². The molecular formula is C55H70N12O10S. The summed E-state index contributed by atoms with van der Waals surface area (Å²) in [6.07, 6.45) is 8.47. The fraction of sp³-hybridized carbons (Fsp3) is 0.436. The Morgan fingerprint density at radius 2 is 1.27 bits per heavy atom. The van der Waals surface area contributed by atoms with E-state index >= 15 is 0 Å². The standard InChI is InChI=1S/C55H70N12O10S/c56-51(72)41(21-10-11-24-57-46(68)23-9-8-22-45-50-44(32-78-45)65-55(76)66-50)62-49(71)31-60-48(70)30-61-53(74)42(25-35-28-58-39-19-6-4-17-37(35)39)64-54(75)43(26-36-29-59-40-20-7-5-18-38(36)40)63-52(73)34(27-47(69)67-77)16-12-15-33-13-2-1-3-14-33/h1-7,13-14,17-20,28-29,34,41-45,50,58-59,77H,8-12,15-16,21-27,30-32H2,(H2,56,72)(H,57,68)(H,60,70)(H,61,74)(H,62,71)(H,63,73)(H,64,75)(H,67,69)(H2,65,66,76)/t34?,41-,42-,43-,44-,45-,50-/m0/s1. The van der Waals surface area contributed by atoms with Crippen LogP contribution in [0.25, 0.3) is 21.8 Å². The van der Waals surface area contributed by atoms with Gasteiger partial charge in [-0.05, 0) is 80.2 Å². The van der Waals surface area contributed by atoms with E-state index in [1.54, 1.807) is 17.9 Å². The van der Waals surface area contributed by atoms with Crippen molar-refractivity contribution in [3.8, 4) is 0 Å². The number of primary amides is 1. The van der Waals surface area contributed by atoms with Crippen LogP contribution in [0.1, 0.15) is 80.9 Å². The molecule has 5 aromatic rings. The Morgan fingerprint density at radius 3 is 1.95 bits per heavy atom. The van der Waals surface area contributed by atoms with Gasteiger partial charge in [0.25, 0.3) is 0 Å². The Labute approximate surface area is 455 Å². The number of carbonyl (C=O) groups excluding carboxylic acids is 9. The van der Waals surface area contributed by atoms with Crippen LogP contribution >= 0.6 is 11.8 Å². The minimum absolute atomic E-state index is 0.0178. The first-order valence-electron chi connectivity index (χ1n) is 26.5. The number of nitrogens with two attached hydrogens (primary N) is 1. The van der Waals surface area contributed by atoms with Crippen molar-refractivity contribution in [2.24, 2.45) is 11.7 Å². The number of hydrogen-bond acceptors (Lipinski definition) is 11. The number of aryl methyl sites for hydroxylation is 1. The molecule has 2 aliphatic heterocycles. The minimum Gasteiger partial charge on any atom is -0.368 e. The van der Waals surface area contributed by atoms with Gasteiger partial charge in [-0.1, -0.05) is 73.2 Å². The fourth-order valence-corrected chi connectivity index (χ4v) is 11.5. The molecule has 2 saturated heterocycles. The fourth-order valence-electron chi connectivity index (χ4n) is 9.94. The number of unbranched alkanes of at least 4 members (excludes halogenated alkanes) is 2. The lowest BCUT2D eigenvalue weighted by atomic mass is 9.94. The number of H-pyrrole nitrogens is 2. The number of benzene rings is 3. The summed E-state index contributed by atoms with van der Waals surface area (Å²) in [6, 6.07) is 21.0. The van der Waals surface area contributed by atoms with Gasteiger partial charge in [-0.15, -0.1) is 0 Å². The third kappa shape index (κ3) is 17.0. The van der Waals surface area contributed by atoms with Gasteiger partial charge in [0.05, 0.1) is 25.2 Å². The lowest BCUT2D eigenvalue weighted by molar-refractivity contribution is -0.137. The van der Waals surface area contributed by atoms with Crippen LogP contribution in [0.2, 0.25) is 0 Å². The average molecular weight is 1090 g/mol. The molecular weight excluding hydrogens is 1020 g/mol. The average Bonchev–Trinajstić information content (AvgIpc) is 4.25. The highest BCUT2D eigenvalue weighted by atomic mass is 32.2. The first-order valence-corrected chi connectivity index (χ1v) is 27.6. The zero-order chi connectivity index (χ0) is 55.4. The predicted molar refractivity (Wildman–Crippen MR) is 293 cm³/mol. The van der Waals surface area contributed by atoms with E-state index in [0.29, 0.717) is 55.0 Å². The number of hydroxylamine groups is 1. The van der Waals surface area contributed by atoms with Gasteiger partial charge in [-0.3, -0.25) is 43.6 Å². The molecule has 0 saturated carbocycles. The van der Waals surface area contributed by atoms with Gasteiger partial charge in [0.1, 0.15) is 18.1 Å². The zero-order valence-corrected chi connectivity index (χ0v) is 44.1. The van der Waals surface area contributed by atoms with E-state index < -0.39 is 78.5 Å². The number of rotatable bonds is 31. The molecule has 0 spiro atoms. The number of nitrogens with one attached hydrogen (secondary N) is 11. The van der Waals surface area contributed by atoms with E-state index in [1.165, 1.54) is 0 Å². The van der Waals surface area contributed by atoms with Crippen molar-refractivity contribution in [2.75, 3.05) is 25.4 Å². The largest absolute Gasteiger partial charge is 0.368 e. The molecule has 4 heterocycles. The molecule has 14 N–H and O–H groups in total. The Kier molecular flexibility index (Phi) is 21.5. The maximum atomic E-state index is 14.6. The first-order chi connectivity index (χ1) is 37.7. The molecule has 3 aromatic carbocycles. The third-order valence-corrected chi connectivity index (χ3v) is 15.6. The van der Waals surface area contributed by atoms with Gasteiger partial charge in [-0.25, -0.2) is 10.3 Å². The molecule has 2 fully saturated rings. The second-order valence-corrected chi connectivity index (χ2v) is 21.1. The zero-order valence-electron chi connectivity index (χ0n) is 43.3. The molecule has 2 aromatic heterocycles. The summed E-state index contributed by atoms with van der Waals surface area (Å²) in [6.45, 7) is -0.765. The number of aromatic nitrogens is 2. The van der Waals surface area contributed by atoms with Crippen molar-refractivity contribution < 1.29 is 48.4 Å². The van der Waals surface area contributed by atoms with Crippen molar-refractivity contribution in [3.05, 3.63) is 108 Å². The van der Waals surface area contributed by atoms with Crippen LogP contribution in [0.5, 0.6) is 0 Å². The van der Waals surface area contributed by atoms with Crippen LogP contribution in [-0.4, -0.2) is 129 Å². The normalized spacial score (nSPS) is 17.1. The Balaban J connectivity index is 0.912. The highest BCUT2D eigenvalue weighted by Gasteiger charge is 2.42. The van der Waals surface area contributed by atoms with Gasteiger partial charge < -0.3 is 58.2 Å². The maximum Gasteiger partial charge on any atom is 0.315 e. The van der Waals surface area contributed by atoms with Crippen molar-refractivity contribution in [1.82, 2.24) is 58.0 Å². The van der Waals surface area contributed by atoms with Crippen LogP contribution in [0.4, 0.5) is 4.79 Å². The number of para-hydroxylation sites is 2. The van der Waals surface area contributed by atoms with E-state index in [4.69, 9.17) is 5.73 Å². The number of carbonyl (C=O) groups is 9. The van der Waals surface area contributed by atoms with Crippen LogP contribution < -0.4 is 53.7 Å². The monoisotopic (exact) mass is 1090 g/mol. The van der Waals surface area contributed by atoms with Gasteiger partial charge >= 0.3 is 6.03 Å². The van der Waals surface area contributed by atoms with Crippen LogP contribution in [0, 0.1) is 5.92 Å². The molecule has 0 aliphatic carbocycles. The van der Waals surface area contributed by atoms with E-state index in [0.717, 1.165) is 52.4 Å². The molecule has 7 atom stereocenters. The summed E-state index contributed by atoms with van der Waals surface area (Å²) >= 11 is 1.84. The maximum absolute atomic E-state index is 14.6. The molecule has 0 bridgehead atoms. The van der Waals surface area contributed by atoms with Crippen molar-refractivity contribution in [1.29, 1.82) is 0 Å². The van der Waals surface area contributed by atoms with Crippen molar-refractivity contribution in [3.63, 3.8) is 0 Å². The smallest absolute Gasteiger partial charge is 0.315 e. The second kappa shape index (κ2) is 29.0. The highest BCUT2D eigenvalue weighted by molar-refractivity contribution is 8.00. The summed E-state index contributed by atoms with van der Waals surface area (Å²) in [4.78, 5) is 124. The molecule has 10 amide bonds. The minimum atomic E-state index is -1.29. The van der Waals surface area contributed by atoms with Gasteiger partial charge in [-0.2, -0.15) is 11.8 Å². The Hall–Kier alpha value is -7.92. The number of thioether (sulfide) groups is 1. The first kappa shape index (κ1) is 57.8. The number of aromatic amines is 2. The third-order valence-electron chi connectivity index (χ3n) is 14.1. The van der Waals surface area contributed by atoms with E-state index in [2.05, 4.69) is 52.5 Å². The summed E-state index contributed by atoms with van der Waals surface area (Å²) < 4.78 is 0. The number of hydrogen-bond donors (Lipinski definition) is 13. The Morgan fingerprint density at radius 1 is 0.628 bits per heavy atom. The van der Waals surface area contributed by atoms with Gasteiger partial charge in [0, 0.05) is 83.3 Å². The lowest BCUT2D eigenvalue weighted by Crippen LogP contribution is -2.56. The van der Waals surface area contributed by atoms with E-state index in [1.807, 2.05) is 90.6 Å². The summed E-state index contributed by atoms with van der Waals surface area (Å²) in [7, 11) is 0. The van der Waals surface area contributed by atoms with Gasteiger partial charge in [0.15, 0.2) is 0 Å². The van der Waals surface area contributed by atoms with Crippen molar-refractivity contribution in [2.45, 2.75) is 119 Å². The Bertz CT molecular complexity index is 2900. The number of amides is 10. The lowest BCUT2D eigenvalue weighted by Gasteiger charge is -2.25. The van der Waals surface area contributed by atoms with Crippen LogP contribution in [0.15, 0.2) is 91.3 Å². The summed E-state index contributed by atoms with van der Waals surface area (Å²) in [5.74, 6) is -5.21. The molecule has 1 unspecified atom stereocenters. The summed E-state index contributed by atoms with van der Waals surface area (Å²) in [5.41, 5.74) is 11.2. The topological polar surface area (TPSA) is 340 Å².